The van der Waals surface area contributed by atoms with Gasteiger partial charge in [0.2, 0.25) is 0 Å². The molecule has 0 aliphatic carbocycles. The molecule has 2 rings (SSSR count). The van der Waals surface area contributed by atoms with Gasteiger partial charge in [0, 0.05) is 12.2 Å². The fourth-order valence-electron chi connectivity index (χ4n) is 3.47. The first-order valence-electron chi connectivity index (χ1n) is 11.4. The predicted molar refractivity (Wildman–Crippen MR) is 140 cm³/mol. The highest BCUT2D eigenvalue weighted by molar-refractivity contribution is 7.90. The summed E-state index contributed by atoms with van der Waals surface area (Å²) in [6, 6.07) is 13.2. The fraction of sp³-hybridized carbons (Fsp3) is 0.296. The van der Waals surface area contributed by atoms with Crippen molar-refractivity contribution in [1.29, 1.82) is 0 Å². The Kier molecular flexibility index (Phi) is 10.3. The van der Waals surface area contributed by atoms with Crippen LogP contribution in [0, 0.1) is 0 Å². The molecule has 34 heavy (non-hydrogen) atoms. The Labute approximate surface area is 204 Å². The van der Waals surface area contributed by atoms with Gasteiger partial charge in [0.05, 0.1) is 16.7 Å². The number of nitrogens with zero attached hydrogens (tertiary/aromatic N) is 1. The van der Waals surface area contributed by atoms with Crippen molar-refractivity contribution in [1.82, 2.24) is 10.2 Å². The van der Waals surface area contributed by atoms with Crippen LogP contribution in [0.1, 0.15) is 31.9 Å². The minimum Gasteiger partial charge on any atom is -0.331 e. The number of hydrogen-bond acceptors (Lipinski definition) is 4. The van der Waals surface area contributed by atoms with E-state index in [0.29, 0.717) is 5.69 Å². The number of anilines is 1. The zero-order valence-corrected chi connectivity index (χ0v) is 21.1. The number of amides is 2. The maximum absolute atomic E-state index is 12.9. The molecule has 1 atom stereocenters. The van der Waals surface area contributed by atoms with E-state index in [0.717, 1.165) is 36.3 Å². The number of nitrogens with one attached hydrogen (secondary N) is 2. The second-order valence-electron chi connectivity index (χ2n) is 7.99. The van der Waals surface area contributed by atoms with Gasteiger partial charge in [-0.3, -0.25) is 4.90 Å². The number of allylic oxidation sites excluding steroid dienone is 2. The third-order valence-corrected chi connectivity index (χ3v) is 7.25. The van der Waals surface area contributed by atoms with Gasteiger partial charge >= 0.3 is 6.03 Å². The molecule has 0 aromatic heterocycles. The number of sulfone groups is 1. The maximum atomic E-state index is 12.9. The van der Waals surface area contributed by atoms with Crippen molar-refractivity contribution in [3.8, 4) is 0 Å². The van der Waals surface area contributed by atoms with Gasteiger partial charge in [-0.1, -0.05) is 69.5 Å². The van der Waals surface area contributed by atoms with Gasteiger partial charge in [0.25, 0.3) is 0 Å². The highest BCUT2D eigenvalue weighted by Crippen LogP contribution is 2.20. The molecule has 6 nitrogen and oxygen atoms in total. The van der Waals surface area contributed by atoms with E-state index in [1.54, 1.807) is 30.4 Å². The molecular formula is C27H35N3O3S. The van der Waals surface area contributed by atoms with Crippen molar-refractivity contribution in [2.45, 2.75) is 44.0 Å². The Bertz CT molecular complexity index is 1100. The lowest BCUT2D eigenvalue weighted by Gasteiger charge is -2.18. The normalized spacial score (nSPS) is 12.8. The van der Waals surface area contributed by atoms with Crippen LogP contribution in [0.2, 0.25) is 0 Å². The number of carbonyl (C=O) groups is 1. The topological polar surface area (TPSA) is 78.5 Å². The van der Waals surface area contributed by atoms with Crippen LogP contribution in [0.3, 0.4) is 0 Å². The molecule has 0 aliphatic heterocycles. The molecule has 0 saturated carbocycles. The molecular weight excluding hydrogens is 446 g/mol. The lowest BCUT2D eigenvalue weighted by molar-refractivity contribution is 0.250. The quantitative estimate of drug-likeness (QED) is 0.403. The first-order valence-corrected chi connectivity index (χ1v) is 13.0. The van der Waals surface area contributed by atoms with Crippen molar-refractivity contribution in [2.75, 3.05) is 18.4 Å². The van der Waals surface area contributed by atoms with Gasteiger partial charge in [-0.25, -0.2) is 13.2 Å². The average molecular weight is 482 g/mol. The van der Waals surface area contributed by atoms with Crippen LogP contribution in [-0.4, -0.2) is 38.5 Å². The summed E-state index contributed by atoms with van der Waals surface area (Å²) in [6.45, 7) is 16.3. The van der Waals surface area contributed by atoms with Crippen molar-refractivity contribution >= 4 is 21.6 Å². The molecule has 2 aromatic carbocycles. The summed E-state index contributed by atoms with van der Waals surface area (Å²) in [7, 11) is -3.51. The number of benzene rings is 2. The van der Waals surface area contributed by atoms with Crippen LogP contribution >= 0.6 is 0 Å². The molecule has 0 aliphatic rings. The number of hydrogen-bond donors (Lipinski definition) is 2. The van der Waals surface area contributed by atoms with E-state index in [4.69, 9.17) is 0 Å². The van der Waals surface area contributed by atoms with E-state index < -0.39 is 15.9 Å². The highest BCUT2D eigenvalue weighted by Gasteiger charge is 2.16. The summed E-state index contributed by atoms with van der Waals surface area (Å²) in [6.07, 6.45) is 5.06. The Morgan fingerprint density at radius 3 is 2.12 bits per heavy atom. The Morgan fingerprint density at radius 2 is 1.59 bits per heavy atom. The minimum atomic E-state index is -3.51. The number of rotatable bonds is 12. The Hall–Kier alpha value is -3.16. The largest absolute Gasteiger partial charge is 0.331 e. The standard InChI is InChI=1S/C27H35N3O3S/c1-6-10-24(7-2)21(5)28-27(31)29-25-15-17-26(18-16-25)34(32,33)20-23-13-11-22(12-14-23)19-30(8-3)9-4/h6-7,10-18,21H,1-2,8-9,19-20H2,3-5H3,(H2,28,29,31)/b24-10+. The summed E-state index contributed by atoms with van der Waals surface area (Å²) < 4.78 is 25.7. The zero-order chi connectivity index (χ0) is 25.1. The summed E-state index contributed by atoms with van der Waals surface area (Å²) >= 11 is 0. The maximum Gasteiger partial charge on any atom is 0.319 e. The van der Waals surface area contributed by atoms with E-state index in [-0.39, 0.29) is 16.7 Å². The molecule has 0 fully saturated rings. The summed E-state index contributed by atoms with van der Waals surface area (Å²) in [5, 5.41) is 5.52. The SMILES string of the molecule is C=C/C=C(\C=C)C(C)NC(=O)Nc1ccc(S(=O)(=O)Cc2ccc(CN(CC)CC)cc2)cc1. The van der Waals surface area contributed by atoms with Crippen LogP contribution in [0.5, 0.6) is 0 Å². The van der Waals surface area contributed by atoms with Crippen molar-refractivity contribution < 1.29 is 13.2 Å². The second-order valence-corrected chi connectivity index (χ2v) is 9.98. The Balaban J connectivity index is 2.00. The molecule has 7 heteroatoms. The van der Waals surface area contributed by atoms with E-state index in [9.17, 15) is 13.2 Å². The lowest BCUT2D eigenvalue weighted by atomic mass is 10.1. The van der Waals surface area contributed by atoms with Gasteiger partial charge in [0.15, 0.2) is 9.84 Å². The third kappa shape index (κ3) is 8.01. The second kappa shape index (κ2) is 12.9. The first kappa shape index (κ1) is 27.1. The van der Waals surface area contributed by atoms with Gasteiger partial charge in [-0.2, -0.15) is 0 Å². The molecule has 0 spiro atoms. The molecule has 0 heterocycles. The molecule has 182 valence electrons. The van der Waals surface area contributed by atoms with Crippen LogP contribution in [0.15, 0.2) is 90.4 Å². The zero-order valence-electron chi connectivity index (χ0n) is 20.3. The predicted octanol–water partition coefficient (Wildman–Crippen LogP) is 5.31. The molecule has 0 bridgehead atoms. The van der Waals surface area contributed by atoms with E-state index >= 15 is 0 Å². The van der Waals surface area contributed by atoms with Crippen molar-refractivity contribution in [3.63, 3.8) is 0 Å². The lowest BCUT2D eigenvalue weighted by Crippen LogP contribution is -2.36. The third-order valence-electron chi connectivity index (χ3n) is 5.55. The summed E-state index contributed by atoms with van der Waals surface area (Å²) in [4.78, 5) is 14.8. The van der Waals surface area contributed by atoms with Crippen LogP contribution in [-0.2, 0) is 22.1 Å². The first-order chi connectivity index (χ1) is 16.2. The summed E-state index contributed by atoms with van der Waals surface area (Å²) in [5.41, 5.74) is 3.22. The summed E-state index contributed by atoms with van der Waals surface area (Å²) in [5.74, 6) is -0.0801. The monoisotopic (exact) mass is 481 g/mol. The van der Waals surface area contributed by atoms with Gasteiger partial charge < -0.3 is 10.6 Å². The van der Waals surface area contributed by atoms with Gasteiger partial charge in [-0.15, -0.1) is 0 Å². The molecule has 2 aromatic rings. The minimum absolute atomic E-state index is 0.0801. The number of urea groups is 1. The Morgan fingerprint density at radius 1 is 1.00 bits per heavy atom. The van der Waals surface area contributed by atoms with Crippen molar-refractivity contribution in [2.24, 2.45) is 0 Å². The van der Waals surface area contributed by atoms with Gasteiger partial charge in [-0.05, 0) is 61.0 Å². The van der Waals surface area contributed by atoms with Crippen LogP contribution < -0.4 is 10.6 Å². The molecule has 1 unspecified atom stereocenters. The van der Waals surface area contributed by atoms with Crippen molar-refractivity contribution in [3.05, 3.63) is 96.6 Å². The molecule has 0 saturated heterocycles. The molecule has 2 N–H and O–H groups in total. The molecule has 2 amide bonds. The van der Waals surface area contributed by atoms with E-state index in [1.165, 1.54) is 12.1 Å². The highest BCUT2D eigenvalue weighted by atomic mass is 32.2. The van der Waals surface area contributed by atoms with E-state index in [2.05, 4.69) is 42.5 Å². The molecule has 0 radical (unpaired) electrons. The fourth-order valence-corrected chi connectivity index (χ4v) is 4.82. The smallest absolute Gasteiger partial charge is 0.319 e. The van der Waals surface area contributed by atoms with Gasteiger partial charge in [0.1, 0.15) is 0 Å². The number of carbonyl (C=O) groups excluding carboxylic acids is 1. The van der Waals surface area contributed by atoms with Crippen LogP contribution in [0.25, 0.3) is 0 Å². The van der Waals surface area contributed by atoms with Crippen LogP contribution in [0.4, 0.5) is 10.5 Å². The van der Waals surface area contributed by atoms with E-state index in [1.807, 2.05) is 31.2 Å². The average Bonchev–Trinajstić information content (AvgIpc) is 2.82.